The van der Waals surface area contributed by atoms with Crippen LogP contribution < -0.4 is 5.32 Å². The number of nitrogens with one attached hydrogen (secondary N) is 1. The number of rotatable bonds is 5. The molecule has 3 heterocycles. The lowest BCUT2D eigenvalue weighted by molar-refractivity contribution is 0.102. The van der Waals surface area contributed by atoms with Crippen molar-refractivity contribution in [3.63, 3.8) is 0 Å². The van der Waals surface area contributed by atoms with Gasteiger partial charge in [-0.1, -0.05) is 72.0 Å². The summed E-state index contributed by atoms with van der Waals surface area (Å²) in [4.78, 5) is 22.8. The van der Waals surface area contributed by atoms with Crippen LogP contribution in [0.4, 0.5) is 5.13 Å². The first kappa shape index (κ1) is 21.5. The summed E-state index contributed by atoms with van der Waals surface area (Å²) in [5.74, 6) is -0.267. The monoisotopic (exact) mass is 479 g/mol. The molecule has 1 amide bonds. The Morgan fingerprint density at radius 3 is 2.20 bits per heavy atom. The van der Waals surface area contributed by atoms with E-state index in [0.717, 1.165) is 52.5 Å². The predicted molar refractivity (Wildman–Crippen MR) is 136 cm³/mol. The number of ether oxygens (including phenoxy) is 1. The summed E-state index contributed by atoms with van der Waals surface area (Å²) in [6.45, 7) is 0.737. The Morgan fingerprint density at radius 1 is 0.857 bits per heavy atom. The molecule has 1 unspecified atom stereocenters. The van der Waals surface area contributed by atoms with Gasteiger partial charge in [0.25, 0.3) is 5.91 Å². The first-order valence-electron chi connectivity index (χ1n) is 11.4. The fourth-order valence-corrected chi connectivity index (χ4v) is 4.97. The van der Waals surface area contributed by atoms with E-state index in [-0.39, 0.29) is 12.0 Å². The van der Waals surface area contributed by atoms with Crippen LogP contribution in [0.15, 0.2) is 78.9 Å². The second-order valence-electron chi connectivity index (χ2n) is 8.26. The highest BCUT2D eigenvalue weighted by atomic mass is 32.1. The lowest BCUT2D eigenvalue weighted by atomic mass is 10.0. The number of fused-ring (bicyclic) bond motifs is 1. The Bertz CT molecular complexity index is 1500. The van der Waals surface area contributed by atoms with Crippen molar-refractivity contribution >= 4 is 33.4 Å². The zero-order valence-corrected chi connectivity index (χ0v) is 19.5. The Morgan fingerprint density at radius 2 is 1.54 bits per heavy atom. The van der Waals surface area contributed by atoms with Gasteiger partial charge in [0.05, 0.1) is 22.4 Å². The van der Waals surface area contributed by atoms with Crippen LogP contribution in [0.5, 0.6) is 0 Å². The van der Waals surface area contributed by atoms with Crippen molar-refractivity contribution in [2.75, 3.05) is 11.9 Å². The predicted octanol–water partition coefficient (Wildman–Crippen LogP) is 5.92. The SMILES string of the molecule is O=C(Nc1nnc(C2CCCO2)s1)c1ccc2nc(-c3ccccc3)c(-c3ccccc3)nc2c1. The van der Waals surface area contributed by atoms with Gasteiger partial charge in [-0.15, -0.1) is 10.2 Å². The highest BCUT2D eigenvalue weighted by Crippen LogP contribution is 2.33. The summed E-state index contributed by atoms with van der Waals surface area (Å²) in [7, 11) is 0. The number of carbonyl (C=O) groups excluding carboxylic acids is 1. The lowest BCUT2D eigenvalue weighted by Gasteiger charge is -2.11. The molecule has 0 bridgehead atoms. The Hall–Kier alpha value is -4.01. The third-order valence-corrected chi connectivity index (χ3v) is 6.82. The maximum Gasteiger partial charge on any atom is 0.257 e. The van der Waals surface area contributed by atoms with Crippen LogP contribution in [0.1, 0.15) is 34.3 Å². The Balaban J connectivity index is 1.34. The molecule has 1 fully saturated rings. The number of nitrogens with zero attached hydrogens (tertiary/aromatic N) is 4. The normalized spacial score (nSPS) is 15.4. The summed E-state index contributed by atoms with van der Waals surface area (Å²) in [5, 5.41) is 12.4. The number of aromatic nitrogens is 4. The Kier molecular flexibility index (Phi) is 5.73. The minimum Gasteiger partial charge on any atom is -0.371 e. The van der Waals surface area contributed by atoms with Gasteiger partial charge in [0, 0.05) is 23.3 Å². The maximum absolute atomic E-state index is 13.0. The fourth-order valence-electron chi connectivity index (χ4n) is 4.15. The van der Waals surface area contributed by atoms with Gasteiger partial charge < -0.3 is 4.74 Å². The summed E-state index contributed by atoms with van der Waals surface area (Å²) < 4.78 is 5.66. The van der Waals surface area contributed by atoms with Crippen LogP contribution in [0.3, 0.4) is 0 Å². The van der Waals surface area contributed by atoms with E-state index < -0.39 is 0 Å². The van der Waals surface area contributed by atoms with Crippen LogP contribution >= 0.6 is 11.3 Å². The quantitative estimate of drug-likeness (QED) is 0.337. The van der Waals surface area contributed by atoms with Crippen molar-refractivity contribution in [2.45, 2.75) is 18.9 Å². The average molecular weight is 480 g/mol. The molecule has 0 saturated carbocycles. The largest absolute Gasteiger partial charge is 0.371 e. The molecule has 1 atom stereocenters. The molecule has 172 valence electrons. The van der Waals surface area contributed by atoms with Gasteiger partial charge in [0.1, 0.15) is 11.1 Å². The van der Waals surface area contributed by atoms with Crippen molar-refractivity contribution in [3.8, 4) is 22.5 Å². The molecule has 8 heteroatoms. The number of hydrogen-bond acceptors (Lipinski definition) is 7. The minimum atomic E-state index is -0.267. The van der Waals surface area contributed by atoms with Gasteiger partial charge in [-0.25, -0.2) is 9.97 Å². The lowest BCUT2D eigenvalue weighted by Crippen LogP contribution is -2.11. The first-order valence-corrected chi connectivity index (χ1v) is 12.3. The number of amides is 1. The highest BCUT2D eigenvalue weighted by molar-refractivity contribution is 7.15. The summed E-state index contributed by atoms with van der Waals surface area (Å²) >= 11 is 1.35. The van der Waals surface area contributed by atoms with Gasteiger partial charge in [-0.05, 0) is 31.0 Å². The summed E-state index contributed by atoms with van der Waals surface area (Å²) in [5.41, 5.74) is 5.37. The number of carbonyl (C=O) groups is 1. The number of benzene rings is 3. The first-order chi connectivity index (χ1) is 17.2. The van der Waals surface area contributed by atoms with E-state index in [1.165, 1.54) is 11.3 Å². The molecule has 0 spiro atoms. The summed E-state index contributed by atoms with van der Waals surface area (Å²) in [6.07, 6.45) is 1.92. The van der Waals surface area contributed by atoms with Crippen LogP contribution in [-0.4, -0.2) is 32.7 Å². The van der Waals surface area contributed by atoms with Gasteiger partial charge in [-0.3, -0.25) is 10.1 Å². The summed E-state index contributed by atoms with van der Waals surface area (Å²) in [6, 6.07) is 25.3. The second kappa shape index (κ2) is 9.32. The van der Waals surface area contributed by atoms with E-state index in [0.29, 0.717) is 16.2 Å². The third kappa shape index (κ3) is 4.41. The standard InChI is InChI=1S/C27H21N5O2S/c33-25(30-27-32-31-26(35-27)22-12-7-15-34-22)19-13-14-20-21(16-19)29-24(18-10-5-2-6-11-18)23(28-20)17-8-3-1-4-9-17/h1-6,8-11,13-14,16,22H,7,12,15H2,(H,30,32,33). The molecule has 0 aliphatic carbocycles. The molecule has 1 aliphatic rings. The third-order valence-electron chi connectivity index (χ3n) is 5.89. The maximum atomic E-state index is 13.0. The molecule has 1 aliphatic heterocycles. The second-order valence-corrected chi connectivity index (χ2v) is 9.27. The average Bonchev–Trinajstić information content (AvgIpc) is 3.61. The van der Waals surface area contributed by atoms with Crippen molar-refractivity contribution in [2.24, 2.45) is 0 Å². The molecule has 7 nitrogen and oxygen atoms in total. The molecule has 1 saturated heterocycles. The molecule has 5 aromatic rings. The van der Waals surface area contributed by atoms with Crippen molar-refractivity contribution in [1.82, 2.24) is 20.2 Å². The Labute approximate surface area is 205 Å². The van der Waals surface area contributed by atoms with E-state index in [9.17, 15) is 4.79 Å². The highest BCUT2D eigenvalue weighted by Gasteiger charge is 2.22. The molecule has 1 N–H and O–H groups in total. The number of anilines is 1. The fraction of sp³-hybridized carbons (Fsp3) is 0.148. The van der Waals surface area contributed by atoms with Crippen LogP contribution in [0.25, 0.3) is 33.5 Å². The smallest absolute Gasteiger partial charge is 0.257 e. The van der Waals surface area contributed by atoms with E-state index >= 15 is 0 Å². The molecule has 35 heavy (non-hydrogen) atoms. The molecular formula is C27H21N5O2S. The topological polar surface area (TPSA) is 89.9 Å². The van der Waals surface area contributed by atoms with Gasteiger partial charge in [-0.2, -0.15) is 0 Å². The molecular weight excluding hydrogens is 458 g/mol. The van der Waals surface area contributed by atoms with E-state index in [4.69, 9.17) is 14.7 Å². The molecule has 3 aromatic carbocycles. The number of hydrogen-bond donors (Lipinski definition) is 1. The van der Waals surface area contributed by atoms with Crippen LogP contribution in [0, 0.1) is 0 Å². The zero-order chi connectivity index (χ0) is 23.6. The minimum absolute atomic E-state index is 0.0238. The molecule has 0 radical (unpaired) electrons. The molecule has 6 rings (SSSR count). The van der Waals surface area contributed by atoms with E-state index in [1.807, 2.05) is 66.7 Å². The van der Waals surface area contributed by atoms with Gasteiger partial charge in [0.15, 0.2) is 0 Å². The van der Waals surface area contributed by atoms with Gasteiger partial charge in [0.2, 0.25) is 5.13 Å². The van der Waals surface area contributed by atoms with Crippen LogP contribution in [-0.2, 0) is 4.74 Å². The van der Waals surface area contributed by atoms with Crippen molar-refractivity contribution in [3.05, 3.63) is 89.4 Å². The zero-order valence-electron chi connectivity index (χ0n) is 18.7. The van der Waals surface area contributed by atoms with Crippen molar-refractivity contribution < 1.29 is 9.53 Å². The van der Waals surface area contributed by atoms with Gasteiger partial charge >= 0.3 is 0 Å². The van der Waals surface area contributed by atoms with E-state index in [2.05, 4.69) is 15.5 Å². The van der Waals surface area contributed by atoms with Crippen LogP contribution in [0.2, 0.25) is 0 Å². The van der Waals surface area contributed by atoms with Crippen molar-refractivity contribution in [1.29, 1.82) is 0 Å². The van der Waals surface area contributed by atoms with E-state index in [1.54, 1.807) is 12.1 Å². The molecule has 2 aromatic heterocycles.